The number of benzene rings is 2. The van der Waals surface area contributed by atoms with Crippen LogP contribution in [0.15, 0.2) is 54.7 Å². The molecule has 1 fully saturated rings. The molecule has 7 heteroatoms. The SMILES string of the molecule is C=C1CCC(N2Cc3cc(CCC(=O)Cc4ccc(NC(C)=O)cc4)ccc3C2=O)C(=O)N1. The average molecular weight is 446 g/mol. The van der Waals surface area contributed by atoms with Gasteiger partial charge < -0.3 is 15.5 Å². The molecule has 3 amide bonds. The van der Waals surface area contributed by atoms with Crippen LogP contribution >= 0.6 is 0 Å². The number of nitrogens with zero attached hydrogens (tertiary/aromatic N) is 1. The first-order valence-electron chi connectivity index (χ1n) is 11.1. The molecule has 7 nitrogen and oxygen atoms in total. The summed E-state index contributed by atoms with van der Waals surface area (Å²) in [5.41, 5.74) is 4.82. The van der Waals surface area contributed by atoms with Gasteiger partial charge in [-0.25, -0.2) is 0 Å². The molecule has 0 radical (unpaired) electrons. The van der Waals surface area contributed by atoms with Crippen molar-refractivity contribution < 1.29 is 19.2 Å². The van der Waals surface area contributed by atoms with Crippen molar-refractivity contribution in [1.29, 1.82) is 0 Å². The van der Waals surface area contributed by atoms with E-state index in [-0.39, 0.29) is 23.5 Å². The molecule has 0 aliphatic carbocycles. The fourth-order valence-electron chi connectivity index (χ4n) is 4.37. The smallest absolute Gasteiger partial charge is 0.255 e. The Kier molecular flexibility index (Phi) is 6.40. The van der Waals surface area contributed by atoms with Crippen LogP contribution in [-0.4, -0.2) is 34.4 Å². The third kappa shape index (κ3) is 5.19. The minimum absolute atomic E-state index is 0.122. The number of Topliss-reactive ketones (excluding diaryl/α,β-unsaturated/α-hetero) is 1. The maximum atomic E-state index is 12.8. The number of hydrogen-bond acceptors (Lipinski definition) is 4. The predicted molar refractivity (Wildman–Crippen MR) is 124 cm³/mol. The largest absolute Gasteiger partial charge is 0.329 e. The Hall–Kier alpha value is -3.74. The number of fused-ring (bicyclic) bond motifs is 1. The molecule has 2 aliphatic heterocycles. The molecular weight excluding hydrogens is 418 g/mol. The predicted octanol–water partition coefficient (Wildman–Crippen LogP) is 3.14. The molecular formula is C26H27N3O4. The summed E-state index contributed by atoms with van der Waals surface area (Å²) in [4.78, 5) is 50.4. The zero-order valence-corrected chi connectivity index (χ0v) is 18.6. The number of ketones is 1. The Morgan fingerprint density at radius 2 is 1.85 bits per heavy atom. The first-order valence-corrected chi connectivity index (χ1v) is 11.1. The van der Waals surface area contributed by atoms with E-state index in [1.165, 1.54) is 6.92 Å². The van der Waals surface area contributed by atoms with Crippen LogP contribution in [0.3, 0.4) is 0 Å². The number of carbonyl (C=O) groups excluding carboxylic acids is 4. The quantitative estimate of drug-likeness (QED) is 0.685. The van der Waals surface area contributed by atoms with E-state index >= 15 is 0 Å². The summed E-state index contributed by atoms with van der Waals surface area (Å²) >= 11 is 0. The molecule has 170 valence electrons. The molecule has 2 aromatic carbocycles. The molecule has 4 rings (SSSR count). The number of nitrogens with one attached hydrogen (secondary N) is 2. The summed E-state index contributed by atoms with van der Waals surface area (Å²) in [6, 6.07) is 12.5. The zero-order chi connectivity index (χ0) is 23.5. The normalized spacial score (nSPS) is 17.5. The van der Waals surface area contributed by atoms with Gasteiger partial charge in [0.25, 0.3) is 5.91 Å². The molecule has 0 bridgehead atoms. The Balaban J connectivity index is 1.33. The molecule has 2 N–H and O–H groups in total. The van der Waals surface area contributed by atoms with Gasteiger partial charge in [-0.3, -0.25) is 19.2 Å². The van der Waals surface area contributed by atoms with Crippen LogP contribution in [0.2, 0.25) is 0 Å². The van der Waals surface area contributed by atoms with E-state index in [1.54, 1.807) is 23.1 Å². The number of amides is 3. The van der Waals surface area contributed by atoms with Crippen LogP contribution in [0, 0.1) is 0 Å². The second-order valence-corrected chi connectivity index (χ2v) is 8.67. The van der Waals surface area contributed by atoms with Crippen LogP contribution < -0.4 is 10.6 Å². The third-order valence-corrected chi connectivity index (χ3v) is 6.07. The lowest BCUT2D eigenvalue weighted by atomic mass is 9.99. The van der Waals surface area contributed by atoms with Crippen molar-refractivity contribution in [3.63, 3.8) is 0 Å². The molecule has 0 saturated carbocycles. The van der Waals surface area contributed by atoms with Crippen molar-refractivity contribution in [3.8, 4) is 0 Å². The van der Waals surface area contributed by atoms with Crippen molar-refractivity contribution in [2.75, 3.05) is 5.32 Å². The first kappa shape index (κ1) is 22.5. The molecule has 1 saturated heterocycles. The van der Waals surface area contributed by atoms with Gasteiger partial charge in [0.1, 0.15) is 11.8 Å². The zero-order valence-electron chi connectivity index (χ0n) is 18.6. The summed E-state index contributed by atoms with van der Waals surface area (Å²) in [5.74, 6) is -0.309. The Morgan fingerprint density at radius 1 is 1.12 bits per heavy atom. The maximum absolute atomic E-state index is 12.8. The molecule has 1 unspecified atom stereocenters. The highest BCUT2D eigenvalue weighted by atomic mass is 16.2. The lowest BCUT2D eigenvalue weighted by molar-refractivity contribution is -0.126. The monoisotopic (exact) mass is 445 g/mol. The maximum Gasteiger partial charge on any atom is 0.255 e. The lowest BCUT2D eigenvalue weighted by Crippen LogP contribution is -2.49. The molecule has 2 aromatic rings. The summed E-state index contributed by atoms with van der Waals surface area (Å²) in [6.07, 6.45) is 2.57. The number of allylic oxidation sites excluding steroid dienone is 1. The average Bonchev–Trinajstić information content (AvgIpc) is 3.09. The number of piperidine rings is 1. The molecule has 2 aliphatic rings. The van der Waals surface area contributed by atoms with E-state index in [9.17, 15) is 19.2 Å². The highest BCUT2D eigenvalue weighted by molar-refractivity contribution is 6.01. The van der Waals surface area contributed by atoms with Crippen molar-refractivity contribution >= 4 is 29.2 Å². The fourth-order valence-corrected chi connectivity index (χ4v) is 4.37. The minimum atomic E-state index is -0.475. The number of aryl methyl sites for hydroxylation is 1. The van der Waals surface area contributed by atoms with Gasteiger partial charge in [-0.2, -0.15) is 0 Å². The summed E-state index contributed by atoms with van der Waals surface area (Å²) in [6.45, 7) is 5.65. The van der Waals surface area contributed by atoms with Crippen LogP contribution in [0.4, 0.5) is 5.69 Å². The van der Waals surface area contributed by atoms with Gasteiger partial charge in [-0.15, -0.1) is 0 Å². The van der Waals surface area contributed by atoms with Gasteiger partial charge in [0, 0.05) is 43.3 Å². The van der Waals surface area contributed by atoms with E-state index in [2.05, 4.69) is 17.2 Å². The van der Waals surface area contributed by atoms with Gasteiger partial charge in [0.05, 0.1) is 0 Å². The second kappa shape index (κ2) is 9.40. The highest BCUT2D eigenvalue weighted by Crippen LogP contribution is 2.29. The van der Waals surface area contributed by atoms with E-state index in [4.69, 9.17) is 0 Å². The van der Waals surface area contributed by atoms with Gasteiger partial charge >= 0.3 is 0 Å². The minimum Gasteiger partial charge on any atom is -0.329 e. The van der Waals surface area contributed by atoms with Gasteiger partial charge in [0.2, 0.25) is 11.8 Å². The van der Waals surface area contributed by atoms with E-state index < -0.39 is 6.04 Å². The summed E-state index contributed by atoms with van der Waals surface area (Å²) in [5, 5.41) is 5.45. The van der Waals surface area contributed by atoms with Crippen LogP contribution in [0.5, 0.6) is 0 Å². The Labute approximate surface area is 192 Å². The van der Waals surface area contributed by atoms with E-state index in [1.807, 2.05) is 24.3 Å². The fraction of sp³-hybridized carbons (Fsp3) is 0.308. The molecule has 33 heavy (non-hydrogen) atoms. The second-order valence-electron chi connectivity index (χ2n) is 8.67. The van der Waals surface area contributed by atoms with Crippen molar-refractivity contribution in [2.24, 2.45) is 0 Å². The van der Waals surface area contributed by atoms with Crippen LogP contribution in [-0.2, 0) is 33.8 Å². The van der Waals surface area contributed by atoms with Crippen LogP contribution in [0.25, 0.3) is 0 Å². The standard InChI is InChI=1S/C26H27N3O4/c1-16-3-12-24(25(32)27-16)29-15-20-13-18(7-11-23(20)26(29)33)6-10-22(31)14-19-4-8-21(9-5-19)28-17(2)30/h4-5,7-9,11,13,24H,1,3,6,10,12,14-15H2,2H3,(H,27,32)(H,28,30). The van der Waals surface area contributed by atoms with Gasteiger partial charge in [0.15, 0.2) is 0 Å². The Bertz CT molecular complexity index is 1140. The van der Waals surface area contributed by atoms with Gasteiger partial charge in [-0.05, 0) is 54.2 Å². The third-order valence-electron chi connectivity index (χ3n) is 6.07. The first-order chi connectivity index (χ1) is 15.8. The molecule has 2 heterocycles. The Morgan fingerprint density at radius 3 is 2.55 bits per heavy atom. The number of hydrogen-bond donors (Lipinski definition) is 2. The number of rotatable bonds is 7. The lowest BCUT2D eigenvalue weighted by Gasteiger charge is -2.30. The number of carbonyl (C=O) groups is 4. The summed E-state index contributed by atoms with van der Waals surface area (Å²) in [7, 11) is 0. The van der Waals surface area contributed by atoms with Crippen molar-refractivity contribution in [1.82, 2.24) is 10.2 Å². The summed E-state index contributed by atoms with van der Waals surface area (Å²) < 4.78 is 0. The van der Waals surface area contributed by atoms with Crippen LogP contribution in [0.1, 0.15) is 53.2 Å². The molecule has 0 aromatic heterocycles. The van der Waals surface area contributed by atoms with Crippen molar-refractivity contribution in [3.05, 3.63) is 77.0 Å². The topological polar surface area (TPSA) is 95.6 Å². The van der Waals surface area contributed by atoms with E-state index in [0.717, 1.165) is 16.7 Å². The molecule has 1 atom stereocenters. The number of anilines is 1. The molecule has 0 spiro atoms. The highest BCUT2D eigenvalue weighted by Gasteiger charge is 2.38. The van der Waals surface area contributed by atoms with Gasteiger partial charge in [-0.1, -0.05) is 30.8 Å². The van der Waals surface area contributed by atoms with Crippen molar-refractivity contribution in [2.45, 2.75) is 51.6 Å². The van der Waals surface area contributed by atoms with E-state index in [0.29, 0.717) is 55.6 Å².